The van der Waals surface area contributed by atoms with Crippen molar-refractivity contribution in [1.29, 1.82) is 5.26 Å². The molecule has 2 N–H and O–H groups in total. The van der Waals surface area contributed by atoms with Gasteiger partial charge in [-0.2, -0.15) is 14.0 Å². The van der Waals surface area contributed by atoms with Gasteiger partial charge in [-0.15, -0.1) is 0 Å². The molecule has 0 aliphatic carbocycles. The van der Waals surface area contributed by atoms with Gasteiger partial charge >= 0.3 is 6.61 Å². The fraction of sp³-hybridized carbons (Fsp3) is 0.222. The number of halogens is 2. The summed E-state index contributed by atoms with van der Waals surface area (Å²) in [6, 6.07) is 6.75. The van der Waals surface area contributed by atoms with Crippen LogP contribution in [-0.4, -0.2) is 6.61 Å². The van der Waals surface area contributed by atoms with E-state index in [1.165, 1.54) is 18.2 Å². The summed E-state index contributed by atoms with van der Waals surface area (Å²) >= 11 is 0. The molecule has 0 aliphatic heterocycles. The minimum absolute atomic E-state index is 0.00296. The SMILES string of the molecule is N#C[C@H](N)c1cccc(OC(F)F)c1. The largest absolute Gasteiger partial charge is 0.435 e. The van der Waals surface area contributed by atoms with Gasteiger partial charge in [-0.25, -0.2) is 0 Å². The molecule has 0 radical (unpaired) electrons. The van der Waals surface area contributed by atoms with Crippen LogP contribution in [-0.2, 0) is 0 Å². The maximum absolute atomic E-state index is 11.8. The lowest BCUT2D eigenvalue weighted by Gasteiger charge is -2.07. The summed E-state index contributed by atoms with van der Waals surface area (Å²) in [6.07, 6.45) is 0. The number of nitriles is 1. The predicted molar refractivity (Wildman–Crippen MR) is 45.6 cm³/mol. The fourth-order valence-corrected chi connectivity index (χ4v) is 0.959. The van der Waals surface area contributed by atoms with Gasteiger partial charge in [0.2, 0.25) is 0 Å². The molecule has 0 saturated heterocycles. The molecule has 0 unspecified atom stereocenters. The molecule has 14 heavy (non-hydrogen) atoms. The van der Waals surface area contributed by atoms with Gasteiger partial charge < -0.3 is 10.5 Å². The van der Waals surface area contributed by atoms with Gasteiger partial charge in [0, 0.05) is 0 Å². The van der Waals surface area contributed by atoms with Gasteiger partial charge in [-0.05, 0) is 17.7 Å². The topological polar surface area (TPSA) is 59.0 Å². The van der Waals surface area contributed by atoms with Crippen LogP contribution in [0.3, 0.4) is 0 Å². The number of benzene rings is 1. The standard InChI is InChI=1S/C9H8F2N2O/c10-9(11)14-7-3-1-2-6(4-7)8(13)5-12/h1-4,8-9H,13H2/t8-/m0/s1. The van der Waals surface area contributed by atoms with E-state index in [2.05, 4.69) is 4.74 Å². The molecule has 0 saturated carbocycles. The number of ether oxygens (including phenoxy) is 1. The Labute approximate surface area is 79.7 Å². The van der Waals surface area contributed by atoms with Crippen molar-refractivity contribution < 1.29 is 13.5 Å². The van der Waals surface area contributed by atoms with Crippen molar-refractivity contribution >= 4 is 0 Å². The summed E-state index contributed by atoms with van der Waals surface area (Å²) in [5.41, 5.74) is 5.84. The second-order valence-electron chi connectivity index (χ2n) is 2.56. The molecule has 1 rings (SSSR count). The molecule has 1 aromatic carbocycles. The third-order valence-corrected chi connectivity index (χ3v) is 1.58. The first-order valence-electron chi connectivity index (χ1n) is 3.83. The second kappa shape index (κ2) is 4.53. The Morgan fingerprint density at radius 3 is 2.71 bits per heavy atom. The van der Waals surface area contributed by atoms with E-state index < -0.39 is 12.7 Å². The Balaban J connectivity index is 2.85. The number of nitrogens with two attached hydrogens (primary N) is 1. The molecule has 74 valence electrons. The molecule has 0 bridgehead atoms. The van der Waals surface area contributed by atoms with Gasteiger partial charge in [0.25, 0.3) is 0 Å². The average Bonchev–Trinajstić information content (AvgIpc) is 2.16. The van der Waals surface area contributed by atoms with Crippen LogP contribution in [0, 0.1) is 11.3 Å². The molecule has 0 aliphatic rings. The van der Waals surface area contributed by atoms with E-state index >= 15 is 0 Å². The molecule has 0 heterocycles. The van der Waals surface area contributed by atoms with Gasteiger partial charge in [-0.1, -0.05) is 12.1 Å². The minimum Gasteiger partial charge on any atom is -0.435 e. The van der Waals surface area contributed by atoms with Crippen LogP contribution >= 0.6 is 0 Å². The van der Waals surface area contributed by atoms with Crippen molar-refractivity contribution in [2.24, 2.45) is 5.73 Å². The van der Waals surface area contributed by atoms with Crippen molar-refractivity contribution in [1.82, 2.24) is 0 Å². The summed E-state index contributed by atoms with van der Waals surface area (Å²) in [5.74, 6) is 0.00296. The zero-order valence-corrected chi connectivity index (χ0v) is 7.15. The first kappa shape index (κ1) is 10.4. The molecule has 0 spiro atoms. The Morgan fingerprint density at radius 1 is 1.43 bits per heavy atom. The molecule has 0 fully saturated rings. The third-order valence-electron chi connectivity index (χ3n) is 1.58. The molecule has 0 aromatic heterocycles. The summed E-state index contributed by atoms with van der Waals surface area (Å²) in [4.78, 5) is 0. The van der Waals surface area contributed by atoms with Crippen molar-refractivity contribution in [2.75, 3.05) is 0 Å². The molecule has 5 heteroatoms. The lowest BCUT2D eigenvalue weighted by Crippen LogP contribution is -2.08. The quantitative estimate of drug-likeness (QED) is 0.805. The van der Waals surface area contributed by atoms with E-state index in [0.717, 1.165) is 0 Å². The number of hydrogen-bond donors (Lipinski definition) is 1. The van der Waals surface area contributed by atoms with Crippen LogP contribution in [0.15, 0.2) is 24.3 Å². The minimum atomic E-state index is -2.87. The van der Waals surface area contributed by atoms with Crippen LogP contribution in [0.1, 0.15) is 11.6 Å². The van der Waals surface area contributed by atoms with Gasteiger partial charge in [0.1, 0.15) is 11.8 Å². The molecule has 3 nitrogen and oxygen atoms in total. The Morgan fingerprint density at radius 2 is 2.14 bits per heavy atom. The van der Waals surface area contributed by atoms with Crippen LogP contribution in [0.25, 0.3) is 0 Å². The van der Waals surface area contributed by atoms with E-state index in [9.17, 15) is 8.78 Å². The second-order valence-corrected chi connectivity index (χ2v) is 2.56. The van der Waals surface area contributed by atoms with Crippen LogP contribution < -0.4 is 10.5 Å². The zero-order valence-electron chi connectivity index (χ0n) is 7.15. The van der Waals surface area contributed by atoms with E-state index in [0.29, 0.717) is 5.56 Å². The number of hydrogen-bond acceptors (Lipinski definition) is 3. The van der Waals surface area contributed by atoms with E-state index in [1.54, 1.807) is 12.1 Å². The lowest BCUT2D eigenvalue weighted by atomic mass is 10.1. The molecular weight excluding hydrogens is 190 g/mol. The Kier molecular flexibility index (Phi) is 3.37. The van der Waals surface area contributed by atoms with Crippen molar-refractivity contribution in [3.8, 4) is 11.8 Å². The van der Waals surface area contributed by atoms with Crippen molar-refractivity contribution in [3.05, 3.63) is 29.8 Å². The van der Waals surface area contributed by atoms with Crippen LogP contribution in [0.4, 0.5) is 8.78 Å². The smallest absolute Gasteiger partial charge is 0.387 e. The van der Waals surface area contributed by atoms with E-state index in [1.807, 2.05) is 0 Å². The number of rotatable bonds is 3. The highest BCUT2D eigenvalue weighted by Gasteiger charge is 2.08. The first-order valence-corrected chi connectivity index (χ1v) is 3.83. The number of alkyl halides is 2. The normalized spacial score (nSPS) is 12.2. The van der Waals surface area contributed by atoms with Crippen LogP contribution in [0.5, 0.6) is 5.75 Å². The maximum atomic E-state index is 11.8. The third kappa shape index (κ3) is 2.68. The monoisotopic (exact) mass is 198 g/mol. The Hall–Kier alpha value is -1.67. The van der Waals surface area contributed by atoms with Crippen molar-refractivity contribution in [2.45, 2.75) is 12.7 Å². The fourth-order valence-electron chi connectivity index (χ4n) is 0.959. The molecular formula is C9H8F2N2O. The highest BCUT2D eigenvalue weighted by Crippen LogP contribution is 2.19. The summed E-state index contributed by atoms with van der Waals surface area (Å²) in [7, 11) is 0. The average molecular weight is 198 g/mol. The summed E-state index contributed by atoms with van der Waals surface area (Å²) in [6.45, 7) is -2.87. The molecule has 1 atom stereocenters. The molecule has 1 aromatic rings. The van der Waals surface area contributed by atoms with Gasteiger partial charge in [0.05, 0.1) is 6.07 Å². The Bertz CT molecular complexity index is 349. The zero-order chi connectivity index (χ0) is 10.6. The molecule has 0 amide bonds. The van der Waals surface area contributed by atoms with Crippen molar-refractivity contribution in [3.63, 3.8) is 0 Å². The van der Waals surface area contributed by atoms with E-state index in [-0.39, 0.29) is 5.75 Å². The lowest BCUT2D eigenvalue weighted by molar-refractivity contribution is -0.0498. The van der Waals surface area contributed by atoms with Crippen LogP contribution in [0.2, 0.25) is 0 Å². The summed E-state index contributed by atoms with van der Waals surface area (Å²) < 4.78 is 27.8. The first-order chi connectivity index (χ1) is 6.63. The highest BCUT2D eigenvalue weighted by atomic mass is 19.3. The number of nitrogens with zero attached hydrogens (tertiary/aromatic N) is 1. The highest BCUT2D eigenvalue weighted by molar-refractivity contribution is 5.32. The van der Waals surface area contributed by atoms with E-state index in [4.69, 9.17) is 11.0 Å². The van der Waals surface area contributed by atoms with Gasteiger partial charge in [-0.3, -0.25) is 0 Å². The van der Waals surface area contributed by atoms with Gasteiger partial charge in [0.15, 0.2) is 0 Å². The maximum Gasteiger partial charge on any atom is 0.387 e. The predicted octanol–water partition coefficient (Wildman–Crippen LogP) is 1.81. The summed E-state index contributed by atoms with van der Waals surface area (Å²) in [5, 5.41) is 8.50.